The summed E-state index contributed by atoms with van der Waals surface area (Å²) in [5.41, 5.74) is 8.17. The number of rotatable bonds is 3. The van der Waals surface area contributed by atoms with E-state index in [0.717, 1.165) is 24.3 Å². The fraction of sp³-hybridized carbons (Fsp3) is 0.471. The molecule has 1 aliphatic rings. The van der Waals surface area contributed by atoms with Crippen molar-refractivity contribution >= 4 is 10.9 Å². The van der Waals surface area contributed by atoms with Crippen molar-refractivity contribution in [1.82, 2.24) is 9.88 Å². The van der Waals surface area contributed by atoms with Gasteiger partial charge in [0.1, 0.15) is 0 Å². The maximum Gasteiger partial charge on any atom is 0.0705 e. The number of aromatic nitrogens is 1. The van der Waals surface area contributed by atoms with E-state index in [-0.39, 0.29) is 0 Å². The van der Waals surface area contributed by atoms with Gasteiger partial charge in [0.25, 0.3) is 0 Å². The molecule has 0 saturated carbocycles. The lowest BCUT2D eigenvalue weighted by Gasteiger charge is -2.40. The van der Waals surface area contributed by atoms with Gasteiger partial charge in [0.2, 0.25) is 0 Å². The van der Waals surface area contributed by atoms with Gasteiger partial charge < -0.3 is 5.73 Å². The molecule has 2 N–H and O–H groups in total. The molecule has 3 nitrogen and oxygen atoms in total. The van der Waals surface area contributed by atoms with E-state index in [4.69, 9.17) is 10.7 Å². The molecule has 1 aliphatic heterocycles. The third kappa shape index (κ3) is 2.69. The molecule has 1 aromatic heterocycles. The summed E-state index contributed by atoms with van der Waals surface area (Å²) >= 11 is 0. The maximum atomic E-state index is 5.94. The van der Waals surface area contributed by atoms with Gasteiger partial charge >= 0.3 is 0 Å². The van der Waals surface area contributed by atoms with Crippen molar-refractivity contribution in [1.29, 1.82) is 0 Å². The van der Waals surface area contributed by atoms with E-state index < -0.39 is 0 Å². The summed E-state index contributed by atoms with van der Waals surface area (Å²) in [6.07, 6.45) is 3.78. The molecule has 2 atom stereocenters. The van der Waals surface area contributed by atoms with Crippen molar-refractivity contribution in [2.75, 3.05) is 6.54 Å². The predicted octanol–water partition coefficient (Wildman–Crippen LogP) is 2.94. The second kappa shape index (κ2) is 5.90. The first-order chi connectivity index (χ1) is 9.78. The van der Waals surface area contributed by atoms with E-state index in [0.29, 0.717) is 12.1 Å². The van der Waals surface area contributed by atoms with Crippen LogP contribution in [0.2, 0.25) is 0 Å². The number of hydrogen-bond acceptors (Lipinski definition) is 3. The smallest absolute Gasteiger partial charge is 0.0705 e. The van der Waals surface area contributed by atoms with E-state index >= 15 is 0 Å². The van der Waals surface area contributed by atoms with Crippen LogP contribution in [0.25, 0.3) is 10.9 Å². The molecule has 1 fully saturated rings. The summed E-state index contributed by atoms with van der Waals surface area (Å²) < 4.78 is 0. The maximum absolute atomic E-state index is 5.94. The highest BCUT2D eigenvalue weighted by molar-refractivity contribution is 5.78. The van der Waals surface area contributed by atoms with Crippen LogP contribution in [0.5, 0.6) is 0 Å². The molecule has 0 aliphatic carbocycles. The number of nitrogens with two attached hydrogens (primary N) is 1. The fourth-order valence-electron chi connectivity index (χ4n) is 3.26. The number of fused-ring (bicyclic) bond motifs is 1. The molecule has 20 heavy (non-hydrogen) atoms. The van der Waals surface area contributed by atoms with Gasteiger partial charge in [0.15, 0.2) is 0 Å². The normalized spacial score (nSPS) is 24.1. The van der Waals surface area contributed by atoms with Crippen LogP contribution < -0.4 is 5.73 Å². The predicted molar refractivity (Wildman–Crippen MR) is 83.4 cm³/mol. The Balaban J connectivity index is 1.83. The number of likely N-dealkylation sites (tertiary alicyclic amines) is 1. The summed E-state index contributed by atoms with van der Waals surface area (Å²) in [7, 11) is 0. The highest BCUT2D eigenvalue weighted by atomic mass is 15.2. The Morgan fingerprint density at radius 1 is 1.20 bits per heavy atom. The molecule has 3 rings (SSSR count). The van der Waals surface area contributed by atoms with E-state index in [1.54, 1.807) is 0 Å². The molecule has 106 valence electrons. The minimum atomic E-state index is 0.507. The average Bonchev–Trinajstić information content (AvgIpc) is 2.49. The Labute approximate surface area is 120 Å². The third-order valence-electron chi connectivity index (χ3n) is 4.47. The molecule has 0 amide bonds. The number of nitrogens with zero attached hydrogens (tertiary/aromatic N) is 2. The molecule has 1 saturated heterocycles. The highest BCUT2D eigenvalue weighted by Crippen LogP contribution is 2.24. The van der Waals surface area contributed by atoms with Gasteiger partial charge in [0, 0.05) is 30.6 Å². The molecule has 0 bridgehead atoms. The Bertz CT molecular complexity index is 581. The van der Waals surface area contributed by atoms with Crippen molar-refractivity contribution in [3.8, 4) is 0 Å². The Morgan fingerprint density at radius 2 is 2.05 bits per heavy atom. The minimum absolute atomic E-state index is 0.507. The third-order valence-corrected chi connectivity index (χ3v) is 4.47. The zero-order valence-corrected chi connectivity index (χ0v) is 12.1. The largest absolute Gasteiger partial charge is 0.329 e. The Morgan fingerprint density at radius 3 is 2.90 bits per heavy atom. The van der Waals surface area contributed by atoms with Crippen molar-refractivity contribution < 1.29 is 0 Å². The topological polar surface area (TPSA) is 42.1 Å². The SMILES string of the molecule is CC1CCCC(CN)N1Cc1ccc2ccccc2n1. The summed E-state index contributed by atoms with van der Waals surface area (Å²) in [5.74, 6) is 0. The van der Waals surface area contributed by atoms with Crippen LogP contribution in [0.3, 0.4) is 0 Å². The first kappa shape index (κ1) is 13.5. The van der Waals surface area contributed by atoms with Gasteiger partial charge in [-0.05, 0) is 31.9 Å². The quantitative estimate of drug-likeness (QED) is 0.931. The van der Waals surface area contributed by atoms with Gasteiger partial charge in [-0.25, -0.2) is 0 Å². The van der Waals surface area contributed by atoms with Gasteiger partial charge in [-0.15, -0.1) is 0 Å². The molecule has 0 spiro atoms. The Kier molecular flexibility index (Phi) is 3.99. The van der Waals surface area contributed by atoms with Crippen molar-refractivity contribution in [2.24, 2.45) is 5.73 Å². The zero-order valence-electron chi connectivity index (χ0n) is 12.1. The summed E-state index contributed by atoms with van der Waals surface area (Å²) in [4.78, 5) is 7.32. The summed E-state index contributed by atoms with van der Waals surface area (Å²) in [6, 6.07) is 13.7. The summed E-state index contributed by atoms with van der Waals surface area (Å²) in [5, 5.41) is 1.21. The Hall–Kier alpha value is -1.45. The van der Waals surface area contributed by atoms with Crippen LogP contribution in [0.15, 0.2) is 36.4 Å². The van der Waals surface area contributed by atoms with E-state index in [1.807, 2.05) is 6.07 Å². The molecule has 2 aromatic rings. The highest BCUT2D eigenvalue weighted by Gasteiger charge is 2.27. The monoisotopic (exact) mass is 269 g/mol. The molecule has 1 aromatic carbocycles. The van der Waals surface area contributed by atoms with Crippen LogP contribution >= 0.6 is 0 Å². The fourth-order valence-corrected chi connectivity index (χ4v) is 3.26. The first-order valence-electron chi connectivity index (χ1n) is 7.58. The van der Waals surface area contributed by atoms with Crippen LogP contribution in [0.1, 0.15) is 31.9 Å². The molecular weight excluding hydrogens is 246 g/mol. The molecule has 0 radical (unpaired) electrons. The van der Waals surface area contributed by atoms with Crippen LogP contribution in [0.4, 0.5) is 0 Å². The zero-order chi connectivity index (χ0) is 13.9. The summed E-state index contributed by atoms with van der Waals surface area (Å²) in [6.45, 7) is 3.97. The van der Waals surface area contributed by atoms with Crippen LogP contribution in [-0.2, 0) is 6.54 Å². The van der Waals surface area contributed by atoms with Crippen molar-refractivity contribution in [3.63, 3.8) is 0 Å². The lowest BCUT2D eigenvalue weighted by atomic mass is 9.96. The number of hydrogen-bond donors (Lipinski definition) is 1. The van der Waals surface area contributed by atoms with E-state index in [1.165, 1.54) is 24.6 Å². The van der Waals surface area contributed by atoms with Crippen LogP contribution in [-0.4, -0.2) is 28.5 Å². The van der Waals surface area contributed by atoms with Gasteiger partial charge in [-0.1, -0.05) is 30.7 Å². The standard InChI is InChI=1S/C17H23N3/c1-13-5-4-7-16(11-18)20(13)12-15-10-9-14-6-2-3-8-17(14)19-15/h2-3,6,8-10,13,16H,4-5,7,11-12,18H2,1H3. The molecular formula is C17H23N3. The minimum Gasteiger partial charge on any atom is -0.329 e. The number of piperidine rings is 1. The second-order valence-electron chi connectivity index (χ2n) is 5.84. The van der Waals surface area contributed by atoms with Crippen molar-refractivity contribution in [3.05, 3.63) is 42.1 Å². The number of para-hydroxylation sites is 1. The lowest BCUT2D eigenvalue weighted by Crippen LogP contribution is -2.48. The lowest BCUT2D eigenvalue weighted by molar-refractivity contribution is 0.0879. The van der Waals surface area contributed by atoms with Gasteiger partial charge in [-0.2, -0.15) is 0 Å². The number of benzene rings is 1. The van der Waals surface area contributed by atoms with Crippen molar-refractivity contribution in [2.45, 2.75) is 44.8 Å². The second-order valence-corrected chi connectivity index (χ2v) is 5.84. The van der Waals surface area contributed by atoms with E-state index in [2.05, 4.69) is 42.2 Å². The number of pyridine rings is 1. The molecule has 3 heteroatoms. The van der Waals surface area contributed by atoms with Gasteiger partial charge in [-0.3, -0.25) is 9.88 Å². The van der Waals surface area contributed by atoms with Crippen LogP contribution in [0, 0.1) is 0 Å². The first-order valence-corrected chi connectivity index (χ1v) is 7.58. The van der Waals surface area contributed by atoms with E-state index in [9.17, 15) is 0 Å². The molecule has 2 heterocycles. The van der Waals surface area contributed by atoms with Gasteiger partial charge in [0.05, 0.1) is 11.2 Å². The average molecular weight is 269 g/mol. The molecule has 2 unspecified atom stereocenters.